The van der Waals surface area contributed by atoms with Gasteiger partial charge in [-0.3, -0.25) is 4.79 Å². The van der Waals surface area contributed by atoms with Crippen LogP contribution in [0.2, 0.25) is 0 Å². The molecule has 6 heteroatoms. The predicted octanol–water partition coefficient (Wildman–Crippen LogP) is 0.908. The molecule has 2 heterocycles. The lowest BCUT2D eigenvalue weighted by molar-refractivity contribution is -0.130. The normalized spacial score (nSPS) is 16.7. The van der Waals surface area contributed by atoms with Gasteiger partial charge >= 0.3 is 0 Å². The van der Waals surface area contributed by atoms with Crippen molar-refractivity contribution >= 4 is 5.91 Å². The molecule has 0 saturated carbocycles. The van der Waals surface area contributed by atoms with Gasteiger partial charge in [-0.1, -0.05) is 12.1 Å². The molecule has 0 aliphatic carbocycles. The number of nitrogens with zero attached hydrogens (tertiary/aromatic N) is 1. The first kappa shape index (κ1) is 12.5. The number of carbonyl (C=O) groups excluding carboxylic acids is 1. The third kappa shape index (κ3) is 2.74. The molecular weight excluding hydrogens is 258 g/mol. The fraction of sp³-hybridized carbons (Fsp3) is 0.286. The summed E-state index contributed by atoms with van der Waals surface area (Å²) in [6.45, 7) is 0.759. The van der Waals surface area contributed by atoms with Crippen LogP contribution in [0.15, 0.2) is 36.8 Å². The summed E-state index contributed by atoms with van der Waals surface area (Å²) >= 11 is 0. The van der Waals surface area contributed by atoms with Crippen LogP contribution in [0.1, 0.15) is 5.69 Å². The van der Waals surface area contributed by atoms with Gasteiger partial charge in [0.25, 0.3) is 5.91 Å². The summed E-state index contributed by atoms with van der Waals surface area (Å²) in [5, 5.41) is 2.83. The Morgan fingerprint density at radius 1 is 1.40 bits per heavy atom. The smallest absolute Gasteiger partial charge is 0.264 e. The lowest BCUT2D eigenvalue weighted by Gasteiger charge is -2.25. The number of aromatic nitrogens is 2. The largest absolute Gasteiger partial charge is 0.485 e. The Labute approximate surface area is 116 Å². The molecule has 1 aromatic heterocycles. The maximum absolute atomic E-state index is 12.0. The average molecular weight is 273 g/mol. The molecule has 1 atom stereocenters. The van der Waals surface area contributed by atoms with Gasteiger partial charge in [0.2, 0.25) is 6.10 Å². The molecule has 1 unspecified atom stereocenters. The molecule has 1 aliphatic rings. The molecule has 0 spiro atoms. The van der Waals surface area contributed by atoms with Gasteiger partial charge in [0.05, 0.1) is 6.33 Å². The van der Waals surface area contributed by atoms with Crippen LogP contribution in [-0.4, -0.2) is 35.1 Å². The summed E-state index contributed by atoms with van der Waals surface area (Å²) in [5.41, 5.74) is 0.983. The number of para-hydroxylation sites is 2. The molecule has 1 amide bonds. The van der Waals surface area contributed by atoms with Crippen LogP contribution in [0.5, 0.6) is 11.5 Å². The first-order chi connectivity index (χ1) is 9.83. The van der Waals surface area contributed by atoms with E-state index in [4.69, 9.17) is 9.47 Å². The molecular formula is C14H15N3O3. The molecule has 1 aromatic carbocycles. The highest BCUT2D eigenvalue weighted by Gasteiger charge is 2.26. The number of ether oxygens (including phenoxy) is 2. The third-order valence-corrected chi connectivity index (χ3v) is 3.05. The Balaban J connectivity index is 1.51. The molecule has 0 radical (unpaired) electrons. The number of hydrogen-bond donors (Lipinski definition) is 2. The van der Waals surface area contributed by atoms with Gasteiger partial charge in [0, 0.05) is 24.9 Å². The average Bonchev–Trinajstić information content (AvgIpc) is 3.00. The zero-order valence-electron chi connectivity index (χ0n) is 10.8. The number of amides is 1. The minimum Gasteiger partial charge on any atom is -0.485 e. The van der Waals surface area contributed by atoms with E-state index >= 15 is 0 Å². The second-order valence-electron chi connectivity index (χ2n) is 4.48. The van der Waals surface area contributed by atoms with E-state index in [1.165, 1.54) is 0 Å². The number of benzene rings is 1. The van der Waals surface area contributed by atoms with Crippen molar-refractivity contribution in [2.24, 2.45) is 0 Å². The quantitative estimate of drug-likeness (QED) is 0.868. The summed E-state index contributed by atoms with van der Waals surface area (Å²) in [6.07, 6.45) is 3.46. The fourth-order valence-corrected chi connectivity index (χ4v) is 2.00. The second kappa shape index (κ2) is 5.64. The molecule has 2 aromatic rings. The van der Waals surface area contributed by atoms with Crippen molar-refractivity contribution in [3.8, 4) is 11.5 Å². The van der Waals surface area contributed by atoms with Crippen molar-refractivity contribution in [1.82, 2.24) is 15.3 Å². The number of rotatable bonds is 4. The minimum absolute atomic E-state index is 0.168. The first-order valence-corrected chi connectivity index (χ1v) is 6.46. The molecule has 0 bridgehead atoms. The SMILES string of the molecule is O=C(NCCc1cnc[nH]1)C1COc2ccccc2O1. The van der Waals surface area contributed by atoms with Gasteiger partial charge in [0.1, 0.15) is 6.61 Å². The third-order valence-electron chi connectivity index (χ3n) is 3.05. The number of fused-ring (bicyclic) bond motifs is 1. The number of aromatic amines is 1. The maximum atomic E-state index is 12.0. The van der Waals surface area contributed by atoms with E-state index in [0.29, 0.717) is 24.5 Å². The van der Waals surface area contributed by atoms with Crippen LogP contribution >= 0.6 is 0 Å². The number of carbonyl (C=O) groups is 1. The molecule has 3 rings (SSSR count). The van der Waals surface area contributed by atoms with Crippen molar-refractivity contribution in [1.29, 1.82) is 0 Å². The van der Waals surface area contributed by atoms with E-state index in [0.717, 1.165) is 5.69 Å². The van der Waals surface area contributed by atoms with E-state index in [2.05, 4.69) is 15.3 Å². The Kier molecular flexibility index (Phi) is 3.54. The van der Waals surface area contributed by atoms with Crippen LogP contribution in [0.25, 0.3) is 0 Å². The molecule has 0 fully saturated rings. The number of hydrogen-bond acceptors (Lipinski definition) is 4. The van der Waals surface area contributed by atoms with E-state index in [1.807, 2.05) is 18.2 Å². The summed E-state index contributed by atoms with van der Waals surface area (Å²) in [7, 11) is 0. The molecule has 104 valence electrons. The standard InChI is InChI=1S/C14H15N3O3/c18-14(16-6-5-10-7-15-9-17-10)13-8-19-11-3-1-2-4-12(11)20-13/h1-4,7,9,13H,5-6,8H2,(H,15,17)(H,16,18). The highest BCUT2D eigenvalue weighted by molar-refractivity contribution is 5.81. The topological polar surface area (TPSA) is 76.2 Å². The van der Waals surface area contributed by atoms with E-state index in [-0.39, 0.29) is 12.5 Å². The number of nitrogens with one attached hydrogen (secondary N) is 2. The number of imidazole rings is 1. The Morgan fingerprint density at radius 2 is 2.25 bits per heavy atom. The first-order valence-electron chi connectivity index (χ1n) is 6.46. The minimum atomic E-state index is -0.605. The summed E-state index contributed by atoms with van der Waals surface area (Å²) in [6, 6.07) is 7.33. The van der Waals surface area contributed by atoms with Crippen LogP contribution in [0.3, 0.4) is 0 Å². The zero-order valence-corrected chi connectivity index (χ0v) is 10.8. The van der Waals surface area contributed by atoms with Gasteiger partial charge in [-0.25, -0.2) is 4.98 Å². The van der Waals surface area contributed by atoms with E-state index in [1.54, 1.807) is 18.6 Å². The summed E-state index contributed by atoms with van der Waals surface area (Å²) < 4.78 is 11.1. The summed E-state index contributed by atoms with van der Waals surface area (Å²) in [4.78, 5) is 18.9. The maximum Gasteiger partial charge on any atom is 0.264 e. The van der Waals surface area contributed by atoms with Gasteiger partial charge in [-0.05, 0) is 12.1 Å². The molecule has 1 aliphatic heterocycles. The molecule has 20 heavy (non-hydrogen) atoms. The van der Waals surface area contributed by atoms with Crippen LogP contribution < -0.4 is 14.8 Å². The van der Waals surface area contributed by atoms with Crippen molar-refractivity contribution in [2.75, 3.05) is 13.2 Å². The van der Waals surface area contributed by atoms with Gasteiger partial charge in [-0.15, -0.1) is 0 Å². The predicted molar refractivity (Wildman–Crippen MR) is 71.7 cm³/mol. The van der Waals surface area contributed by atoms with E-state index in [9.17, 15) is 4.79 Å². The van der Waals surface area contributed by atoms with Crippen LogP contribution in [0.4, 0.5) is 0 Å². The van der Waals surface area contributed by atoms with Crippen molar-refractivity contribution in [3.05, 3.63) is 42.5 Å². The second-order valence-corrected chi connectivity index (χ2v) is 4.48. The summed E-state index contributed by atoms with van der Waals surface area (Å²) in [5.74, 6) is 1.11. The molecule has 0 saturated heterocycles. The highest BCUT2D eigenvalue weighted by Crippen LogP contribution is 2.30. The van der Waals surface area contributed by atoms with Crippen molar-refractivity contribution < 1.29 is 14.3 Å². The lowest BCUT2D eigenvalue weighted by atomic mass is 10.2. The number of H-pyrrole nitrogens is 1. The van der Waals surface area contributed by atoms with Gasteiger partial charge < -0.3 is 19.8 Å². The van der Waals surface area contributed by atoms with Crippen molar-refractivity contribution in [3.63, 3.8) is 0 Å². The lowest BCUT2D eigenvalue weighted by Crippen LogP contribution is -2.44. The molecule has 6 nitrogen and oxygen atoms in total. The van der Waals surface area contributed by atoms with Gasteiger partial charge in [-0.2, -0.15) is 0 Å². The van der Waals surface area contributed by atoms with Gasteiger partial charge in [0.15, 0.2) is 11.5 Å². The Hall–Kier alpha value is -2.50. The zero-order chi connectivity index (χ0) is 13.8. The van der Waals surface area contributed by atoms with E-state index < -0.39 is 6.10 Å². The van der Waals surface area contributed by atoms with Crippen molar-refractivity contribution in [2.45, 2.75) is 12.5 Å². The van der Waals surface area contributed by atoms with Crippen LogP contribution in [-0.2, 0) is 11.2 Å². The Bertz CT molecular complexity index is 583. The Morgan fingerprint density at radius 3 is 3.05 bits per heavy atom. The highest BCUT2D eigenvalue weighted by atomic mass is 16.6. The fourth-order valence-electron chi connectivity index (χ4n) is 2.00. The molecule has 2 N–H and O–H groups in total. The van der Waals surface area contributed by atoms with Crippen LogP contribution in [0, 0.1) is 0 Å². The monoisotopic (exact) mass is 273 g/mol.